The van der Waals surface area contributed by atoms with E-state index in [9.17, 15) is 14.4 Å². The van der Waals surface area contributed by atoms with E-state index in [4.69, 9.17) is 4.74 Å². The minimum Gasteiger partial charge on any atom is -0.433 e. The molecule has 2 amide bonds. The lowest BCUT2D eigenvalue weighted by Crippen LogP contribution is -2.43. The Morgan fingerprint density at radius 1 is 1.11 bits per heavy atom. The van der Waals surface area contributed by atoms with Crippen LogP contribution in [0.15, 0.2) is 48.5 Å². The van der Waals surface area contributed by atoms with E-state index in [-0.39, 0.29) is 18.2 Å². The maximum absolute atomic E-state index is 12.9. The molecule has 6 heteroatoms. The van der Waals surface area contributed by atoms with E-state index in [1.54, 1.807) is 24.3 Å². The van der Waals surface area contributed by atoms with Crippen molar-refractivity contribution in [2.24, 2.45) is 0 Å². The Morgan fingerprint density at radius 3 is 2.54 bits per heavy atom. The van der Waals surface area contributed by atoms with Crippen molar-refractivity contribution >= 4 is 23.5 Å². The van der Waals surface area contributed by atoms with Crippen molar-refractivity contribution in [3.8, 4) is 0 Å². The van der Waals surface area contributed by atoms with Crippen LogP contribution in [0, 0.1) is 0 Å². The summed E-state index contributed by atoms with van der Waals surface area (Å²) in [6.45, 7) is 4.21. The van der Waals surface area contributed by atoms with Crippen LogP contribution in [0.4, 0.5) is 5.69 Å². The lowest BCUT2D eigenvalue weighted by molar-refractivity contribution is -0.144. The summed E-state index contributed by atoms with van der Waals surface area (Å²) in [5.41, 5.74) is 2.93. The Hall–Kier alpha value is -3.15. The second-order valence-electron chi connectivity index (χ2n) is 7.47. The van der Waals surface area contributed by atoms with Gasteiger partial charge < -0.3 is 10.1 Å². The van der Waals surface area contributed by atoms with E-state index in [1.165, 1.54) is 10.5 Å². The number of nitrogens with zero attached hydrogens (tertiary/aromatic N) is 1. The topological polar surface area (TPSA) is 75.7 Å². The monoisotopic (exact) mass is 378 g/mol. The molecule has 1 unspecified atom stereocenters. The third-order valence-electron chi connectivity index (χ3n) is 5.32. The number of fused-ring (bicyclic) bond motifs is 1. The molecule has 28 heavy (non-hydrogen) atoms. The van der Waals surface area contributed by atoms with Crippen molar-refractivity contribution in [2.75, 3.05) is 5.32 Å². The molecule has 1 saturated heterocycles. The predicted molar refractivity (Wildman–Crippen MR) is 104 cm³/mol. The zero-order chi connectivity index (χ0) is 19.8. The predicted octanol–water partition coefficient (Wildman–Crippen LogP) is 3.61. The van der Waals surface area contributed by atoms with Crippen LogP contribution in [0.2, 0.25) is 0 Å². The maximum Gasteiger partial charge on any atom is 0.340 e. The molecule has 0 aromatic heterocycles. The number of cyclic esters (lactones) is 1. The normalized spacial score (nSPS) is 21.0. The van der Waals surface area contributed by atoms with Gasteiger partial charge in [-0.05, 0) is 36.1 Å². The number of rotatable bonds is 4. The number of hydrogen-bond acceptors (Lipinski definition) is 4. The summed E-state index contributed by atoms with van der Waals surface area (Å²) in [7, 11) is 0. The van der Waals surface area contributed by atoms with Crippen LogP contribution >= 0.6 is 0 Å². The summed E-state index contributed by atoms with van der Waals surface area (Å²) >= 11 is 0. The quantitative estimate of drug-likeness (QED) is 0.825. The van der Waals surface area contributed by atoms with Crippen LogP contribution in [-0.4, -0.2) is 28.7 Å². The molecular weight excluding hydrogens is 356 g/mol. The molecule has 1 N–H and O–H groups in total. The molecule has 0 aliphatic carbocycles. The van der Waals surface area contributed by atoms with Gasteiger partial charge in [0.15, 0.2) is 0 Å². The molecule has 2 aromatic rings. The molecule has 0 bridgehead atoms. The fraction of sp³-hybridized carbons (Fsp3) is 0.318. The van der Waals surface area contributed by atoms with E-state index in [0.717, 1.165) is 0 Å². The first-order chi connectivity index (χ1) is 13.5. The summed E-state index contributed by atoms with van der Waals surface area (Å²) in [5.74, 6) is -0.526. The van der Waals surface area contributed by atoms with E-state index in [0.29, 0.717) is 29.2 Å². The summed E-state index contributed by atoms with van der Waals surface area (Å²) in [4.78, 5) is 39.0. The van der Waals surface area contributed by atoms with Crippen LogP contribution in [0.5, 0.6) is 0 Å². The third-order valence-corrected chi connectivity index (χ3v) is 5.32. The molecular formula is C22H22N2O4. The van der Waals surface area contributed by atoms with E-state index in [1.807, 2.05) is 24.3 Å². The van der Waals surface area contributed by atoms with Crippen molar-refractivity contribution in [1.29, 1.82) is 0 Å². The highest BCUT2D eigenvalue weighted by Crippen LogP contribution is 2.38. The van der Waals surface area contributed by atoms with Crippen LogP contribution in [0.3, 0.4) is 0 Å². The van der Waals surface area contributed by atoms with Gasteiger partial charge in [0.05, 0.1) is 5.56 Å². The zero-order valence-electron chi connectivity index (χ0n) is 15.8. The fourth-order valence-corrected chi connectivity index (χ4v) is 3.76. The van der Waals surface area contributed by atoms with Crippen LogP contribution in [0.1, 0.15) is 60.3 Å². The lowest BCUT2D eigenvalue weighted by atomic mass is 10.0. The van der Waals surface area contributed by atoms with Crippen molar-refractivity contribution in [3.05, 3.63) is 65.2 Å². The molecule has 2 heterocycles. The molecule has 0 saturated carbocycles. The van der Waals surface area contributed by atoms with Gasteiger partial charge in [-0.3, -0.25) is 14.5 Å². The molecule has 2 atom stereocenters. The van der Waals surface area contributed by atoms with E-state index < -0.39 is 18.2 Å². The van der Waals surface area contributed by atoms with Crippen LogP contribution < -0.4 is 5.32 Å². The van der Waals surface area contributed by atoms with Crippen molar-refractivity contribution in [2.45, 2.75) is 44.9 Å². The number of ether oxygens (including phenoxy) is 1. The van der Waals surface area contributed by atoms with Crippen molar-refractivity contribution < 1.29 is 19.1 Å². The van der Waals surface area contributed by atoms with Gasteiger partial charge in [0.1, 0.15) is 6.04 Å². The number of nitrogens with one attached hydrogen (secondary N) is 1. The molecule has 2 aliphatic heterocycles. The molecule has 4 rings (SSSR count). The first-order valence-electron chi connectivity index (χ1n) is 9.47. The van der Waals surface area contributed by atoms with Gasteiger partial charge in [0, 0.05) is 17.7 Å². The number of carbonyl (C=O) groups excluding carboxylic acids is 3. The Bertz CT molecular complexity index is 936. The highest BCUT2D eigenvalue weighted by Gasteiger charge is 2.46. The van der Waals surface area contributed by atoms with E-state index >= 15 is 0 Å². The highest BCUT2D eigenvalue weighted by molar-refractivity contribution is 6.00. The number of benzene rings is 2. The minimum absolute atomic E-state index is 0.190. The van der Waals surface area contributed by atoms with Gasteiger partial charge in [-0.2, -0.15) is 0 Å². The third kappa shape index (κ3) is 3.15. The standard InChI is InChI=1S/C22H22N2O4/c1-13(2)14-7-9-15(10-8-14)23-20(26)18-11-12-19(25)24(18)21-16-5-3-4-6-17(16)22(27)28-21/h3-10,13,18,21H,11-12H2,1-2H3,(H,23,26)/t18-,21?/m0/s1. The molecule has 0 radical (unpaired) electrons. The Morgan fingerprint density at radius 2 is 1.82 bits per heavy atom. The van der Waals surface area contributed by atoms with Gasteiger partial charge in [-0.1, -0.05) is 44.2 Å². The first kappa shape index (κ1) is 18.2. The summed E-state index contributed by atoms with van der Waals surface area (Å²) in [6.07, 6.45) is -0.205. The fourth-order valence-electron chi connectivity index (χ4n) is 3.76. The lowest BCUT2D eigenvalue weighted by Gasteiger charge is -2.29. The molecule has 0 spiro atoms. The SMILES string of the molecule is CC(C)c1ccc(NC(=O)[C@@H]2CCC(=O)N2C2OC(=O)c3ccccc32)cc1. The highest BCUT2D eigenvalue weighted by atomic mass is 16.6. The largest absolute Gasteiger partial charge is 0.433 e. The molecule has 144 valence electrons. The minimum atomic E-state index is -0.849. The summed E-state index contributed by atoms with van der Waals surface area (Å²) < 4.78 is 5.44. The number of esters is 1. The Kier molecular flexibility index (Phi) is 4.63. The number of hydrogen-bond donors (Lipinski definition) is 1. The van der Waals surface area contributed by atoms with E-state index in [2.05, 4.69) is 19.2 Å². The summed E-state index contributed by atoms with van der Waals surface area (Å²) in [5, 5.41) is 2.89. The molecule has 1 fully saturated rings. The molecule has 6 nitrogen and oxygen atoms in total. The second-order valence-corrected chi connectivity index (χ2v) is 7.47. The van der Waals surface area contributed by atoms with Crippen molar-refractivity contribution in [1.82, 2.24) is 4.90 Å². The average Bonchev–Trinajstić information content (AvgIpc) is 3.22. The zero-order valence-corrected chi connectivity index (χ0v) is 15.8. The van der Waals surface area contributed by atoms with Crippen LogP contribution in [-0.2, 0) is 14.3 Å². The van der Waals surface area contributed by atoms with Crippen LogP contribution in [0.25, 0.3) is 0 Å². The summed E-state index contributed by atoms with van der Waals surface area (Å²) in [6, 6.07) is 14.0. The second kappa shape index (κ2) is 7.11. The number of likely N-dealkylation sites (tertiary alicyclic amines) is 1. The number of amides is 2. The maximum atomic E-state index is 12.9. The average molecular weight is 378 g/mol. The van der Waals surface area contributed by atoms with Crippen molar-refractivity contribution in [3.63, 3.8) is 0 Å². The van der Waals surface area contributed by atoms with Gasteiger partial charge in [-0.25, -0.2) is 4.79 Å². The Balaban J connectivity index is 1.55. The van der Waals surface area contributed by atoms with Gasteiger partial charge >= 0.3 is 5.97 Å². The smallest absolute Gasteiger partial charge is 0.340 e. The molecule has 2 aromatic carbocycles. The van der Waals surface area contributed by atoms with Gasteiger partial charge in [0.25, 0.3) is 0 Å². The molecule has 2 aliphatic rings. The number of anilines is 1. The van der Waals surface area contributed by atoms with Gasteiger partial charge in [0.2, 0.25) is 18.0 Å². The first-order valence-corrected chi connectivity index (χ1v) is 9.47. The Labute approximate surface area is 163 Å². The van der Waals surface area contributed by atoms with Gasteiger partial charge in [-0.15, -0.1) is 0 Å². The number of carbonyl (C=O) groups is 3.